The number of nitrogens with one attached hydrogen (secondary N) is 1. The normalized spacial score (nSPS) is 19.4. The number of aliphatic hydroxyl groups excluding tert-OH is 1. The van der Waals surface area contributed by atoms with Crippen LogP contribution in [-0.2, 0) is 10.0 Å². The molecule has 0 bridgehead atoms. The van der Waals surface area contributed by atoms with Crippen molar-refractivity contribution in [3.8, 4) is 0 Å². The molecule has 0 aliphatic carbocycles. The highest BCUT2D eigenvalue weighted by Gasteiger charge is 2.33. The first-order valence-corrected chi connectivity index (χ1v) is 14.8. The first-order valence-electron chi connectivity index (χ1n) is 12.2. The maximum Gasteiger partial charge on any atom is 0.256 e. The second-order valence-corrected chi connectivity index (χ2v) is 12.1. The fourth-order valence-corrected chi connectivity index (χ4v) is 5.98. The fraction of sp³-hybridized carbons (Fsp3) is 0.458. The summed E-state index contributed by atoms with van der Waals surface area (Å²) in [5.41, 5.74) is 1.62. The lowest BCUT2D eigenvalue weighted by Crippen LogP contribution is -2.39. The van der Waals surface area contributed by atoms with Gasteiger partial charge < -0.3 is 14.9 Å². The van der Waals surface area contributed by atoms with Crippen molar-refractivity contribution in [2.24, 2.45) is 0 Å². The number of anilines is 2. The SMILES string of the molecule is CS(=O)(=O)Nc1ccc(Cl)cc1C(=O)N1CCCCC1c1cc2nc(Cl)cc(N3CCC(O)CC3)n2n1. The summed E-state index contributed by atoms with van der Waals surface area (Å²) in [6.07, 6.45) is 4.47. The van der Waals surface area contributed by atoms with Crippen LogP contribution in [0, 0.1) is 0 Å². The van der Waals surface area contributed by atoms with Gasteiger partial charge in [-0.15, -0.1) is 0 Å². The molecule has 2 aromatic heterocycles. The summed E-state index contributed by atoms with van der Waals surface area (Å²) in [4.78, 5) is 22.1. The molecule has 37 heavy (non-hydrogen) atoms. The van der Waals surface area contributed by atoms with Crippen LogP contribution in [0.1, 0.15) is 54.2 Å². The Hall–Kier alpha value is -2.60. The molecular weight excluding hydrogens is 539 g/mol. The van der Waals surface area contributed by atoms with E-state index >= 15 is 0 Å². The number of aliphatic hydroxyl groups is 1. The molecule has 1 atom stereocenters. The lowest BCUT2D eigenvalue weighted by molar-refractivity contribution is 0.0607. The van der Waals surface area contributed by atoms with Gasteiger partial charge in [0, 0.05) is 36.8 Å². The van der Waals surface area contributed by atoms with Crippen LogP contribution in [0.25, 0.3) is 5.65 Å². The Morgan fingerprint density at radius 3 is 2.57 bits per heavy atom. The van der Waals surface area contributed by atoms with Crippen molar-refractivity contribution in [1.29, 1.82) is 0 Å². The minimum absolute atomic E-state index is 0.180. The number of piperidine rings is 2. The summed E-state index contributed by atoms with van der Waals surface area (Å²) in [5.74, 6) is 0.461. The lowest BCUT2D eigenvalue weighted by Gasteiger charge is -2.35. The molecule has 2 aliphatic rings. The van der Waals surface area contributed by atoms with Crippen LogP contribution in [0.2, 0.25) is 10.2 Å². The summed E-state index contributed by atoms with van der Waals surface area (Å²) in [5, 5.41) is 15.4. The number of halogens is 2. The molecule has 5 rings (SSSR count). The van der Waals surface area contributed by atoms with E-state index in [0.717, 1.165) is 24.9 Å². The van der Waals surface area contributed by atoms with Crippen molar-refractivity contribution in [2.75, 3.05) is 35.5 Å². The van der Waals surface area contributed by atoms with E-state index in [2.05, 4.69) is 14.6 Å². The van der Waals surface area contributed by atoms with Crippen LogP contribution in [-0.4, -0.2) is 70.9 Å². The largest absolute Gasteiger partial charge is 0.393 e. The van der Waals surface area contributed by atoms with E-state index in [1.807, 2.05) is 6.07 Å². The summed E-state index contributed by atoms with van der Waals surface area (Å²) in [6, 6.07) is 7.80. The Bertz CT molecular complexity index is 1440. The van der Waals surface area contributed by atoms with Crippen molar-refractivity contribution in [1.82, 2.24) is 19.5 Å². The van der Waals surface area contributed by atoms with Gasteiger partial charge in [-0.1, -0.05) is 23.2 Å². The third-order valence-corrected chi connectivity index (χ3v) is 7.82. The lowest BCUT2D eigenvalue weighted by atomic mass is 9.98. The quantitative estimate of drug-likeness (QED) is 0.451. The fourth-order valence-electron chi connectivity index (χ4n) is 5.05. The minimum atomic E-state index is -3.60. The molecule has 13 heteroatoms. The van der Waals surface area contributed by atoms with Crippen molar-refractivity contribution in [2.45, 2.75) is 44.2 Å². The molecule has 10 nitrogen and oxygen atoms in total. The zero-order valence-corrected chi connectivity index (χ0v) is 22.6. The second kappa shape index (κ2) is 10.3. The smallest absolute Gasteiger partial charge is 0.256 e. The maximum atomic E-state index is 13.8. The van der Waals surface area contributed by atoms with E-state index in [-0.39, 0.29) is 29.3 Å². The van der Waals surface area contributed by atoms with E-state index < -0.39 is 10.0 Å². The van der Waals surface area contributed by atoms with Crippen LogP contribution < -0.4 is 9.62 Å². The molecule has 1 aromatic carbocycles. The van der Waals surface area contributed by atoms with Crippen molar-refractivity contribution < 1.29 is 18.3 Å². The van der Waals surface area contributed by atoms with E-state index in [9.17, 15) is 18.3 Å². The van der Waals surface area contributed by atoms with Crippen molar-refractivity contribution >= 4 is 56.3 Å². The summed E-state index contributed by atoms with van der Waals surface area (Å²) < 4.78 is 28.0. The van der Waals surface area contributed by atoms with Gasteiger partial charge in [-0.05, 0) is 50.3 Å². The number of carbonyl (C=O) groups excluding carboxylic acids is 1. The van der Waals surface area contributed by atoms with Crippen molar-refractivity contribution in [3.05, 3.63) is 51.8 Å². The third kappa shape index (κ3) is 5.64. The van der Waals surface area contributed by atoms with E-state index in [1.54, 1.807) is 15.5 Å². The summed E-state index contributed by atoms with van der Waals surface area (Å²) >= 11 is 12.5. The number of amides is 1. The van der Waals surface area contributed by atoms with Gasteiger partial charge in [0.1, 0.15) is 11.0 Å². The van der Waals surface area contributed by atoms with Gasteiger partial charge in [-0.25, -0.2) is 13.4 Å². The molecule has 2 saturated heterocycles. The average Bonchev–Trinajstić information content (AvgIpc) is 3.28. The molecule has 0 radical (unpaired) electrons. The number of aromatic nitrogens is 3. The molecule has 4 heterocycles. The van der Waals surface area contributed by atoms with Crippen LogP contribution in [0.15, 0.2) is 30.3 Å². The Morgan fingerprint density at radius 1 is 1.08 bits per heavy atom. The number of fused-ring (bicyclic) bond motifs is 1. The topological polar surface area (TPSA) is 120 Å². The van der Waals surface area contributed by atoms with Gasteiger partial charge in [0.25, 0.3) is 5.91 Å². The van der Waals surface area contributed by atoms with Gasteiger partial charge in [0.05, 0.1) is 35.3 Å². The van der Waals surface area contributed by atoms with Gasteiger partial charge in [0.2, 0.25) is 10.0 Å². The number of likely N-dealkylation sites (tertiary alicyclic amines) is 1. The zero-order chi connectivity index (χ0) is 26.3. The number of benzene rings is 1. The molecular formula is C24H28Cl2N6O4S. The molecule has 3 aromatic rings. The van der Waals surface area contributed by atoms with Gasteiger partial charge in [-0.2, -0.15) is 9.61 Å². The highest BCUT2D eigenvalue weighted by Crippen LogP contribution is 2.35. The molecule has 198 valence electrons. The molecule has 0 saturated carbocycles. The Kier molecular flexibility index (Phi) is 7.23. The van der Waals surface area contributed by atoms with Crippen LogP contribution in [0.3, 0.4) is 0 Å². The molecule has 2 fully saturated rings. The Morgan fingerprint density at radius 2 is 1.84 bits per heavy atom. The summed E-state index contributed by atoms with van der Waals surface area (Å²) in [7, 11) is -3.60. The number of sulfonamides is 1. The molecule has 1 amide bonds. The average molecular weight is 567 g/mol. The monoisotopic (exact) mass is 566 g/mol. The van der Waals surface area contributed by atoms with Gasteiger partial charge in [-0.3, -0.25) is 9.52 Å². The highest BCUT2D eigenvalue weighted by molar-refractivity contribution is 7.92. The number of rotatable bonds is 5. The number of carbonyl (C=O) groups is 1. The van der Waals surface area contributed by atoms with E-state index in [0.29, 0.717) is 60.4 Å². The third-order valence-electron chi connectivity index (χ3n) is 6.80. The number of hydrogen-bond acceptors (Lipinski definition) is 7. The molecule has 0 spiro atoms. The van der Waals surface area contributed by atoms with E-state index in [4.69, 9.17) is 28.3 Å². The maximum absolute atomic E-state index is 13.8. The van der Waals surface area contributed by atoms with Gasteiger partial charge >= 0.3 is 0 Å². The number of hydrogen-bond donors (Lipinski definition) is 2. The van der Waals surface area contributed by atoms with Crippen LogP contribution >= 0.6 is 23.2 Å². The Labute approximate surface area is 225 Å². The number of nitrogens with zero attached hydrogens (tertiary/aromatic N) is 5. The van der Waals surface area contributed by atoms with E-state index in [1.165, 1.54) is 18.2 Å². The predicted molar refractivity (Wildman–Crippen MR) is 143 cm³/mol. The first-order chi connectivity index (χ1) is 17.6. The van der Waals surface area contributed by atoms with Crippen molar-refractivity contribution in [3.63, 3.8) is 0 Å². The second-order valence-electron chi connectivity index (χ2n) is 9.57. The Balaban J connectivity index is 1.51. The molecule has 2 aliphatic heterocycles. The highest BCUT2D eigenvalue weighted by atomic mass is 35.5. The standard InChI is InChI=1S/C24H28Cl2N6O4S/c1-37(35,36)29-18-6-5-15(25)12-17(18)24(34)31-9-3-2-4-20(31)19-13-22-27-21(26)14-23(32(22)28-19)30-10-7-16(33)8-11-30/h5-6,12-14,16,20,29,33H,2-4,7-11H2,1H3. The first kappa shape index (κ1) is 26.0. The molecule has 2 N–H and O–H groups in total. The van der Waals surface area contributed by atoms with Crippen LogP contribution in [0.5, 0.6) is 0 Å². The minimum Gasteiger partial charge on any atom is -0.393 e. The summed E-state index contributed by atoms with van der Waals surface area (Å²) in [6.45, 7) is 1.84. The predicted octanol–water partition coefficient (Wildman–Crippen LogP) is 3.74. The molecule has 1 unspecified atom stereocenters. The zero-order valence-electron chi connectivity index (χ0n) is 20.3. The van der Waals surface area contributed by atoms with Gasteiger partial charge in [0.15, 0.2) is 5.65 Å². The van der Waals surface area contributed by atoms with Crippen LogP contribution in [0.4, 0.5) is 11.5 Å².